The van der Waals surface area contributed by atoms with Gasteiger partial charge in [0.1, 0.15) is 11.8 Å². The Morgan fingerprint density at radius 1 is 0.872 bits per heavy atom. The maximum absolute atomic E-state index is 13.5. The molecule has 0 amide bonds. The smallest absolute Gasteiger partial charge is 0.480 e. The Morgan fingerprint density at radius 3 is 1.92 bits per heavy atom. The molecule has 3 aliphatic heterocycles. The van der Waals surface area contributed by atoms with Gasteiger partial charge in [-0.2, -0.15) is 26.3 Å². The number of nitrogens with one attached hydrogen (secondary N) is 1. The SMILES string of the molecule is O=C(O)C1NC(C(C(F)(F)F)C(F)(F)F)C2CN(Cc3cc(CN4CCCCC4)cc(OC(F)(F)F)c3)CC12. The fourth-order valence-electron chi connectivity index (χ4n) is 6.19. The zero-order chi connectivity index (χ0) is 28.8. The van der Waals surface area contributed by atoms with Crippen LogP contribution in [0, 0.1) is 17.8 Å². The number of aliphatic carboxylic acids is 1. The summed E-state index contributed by atoms with van der Waals surface area (Å²) in [5, 5.41) is 11.6. The second-order valence-electron chi connectivity index (χ2n) is 10.5. The third-order valence-electron chi connectivity index (χ3n) is 7.60. The minimum atomic E-state index is -5.66. The molecule has 2 N–H and O–H groups in total. The van der Waals surface area contributed by atoms with Crippen LogP contribution in [0.1, 0.15) is 30.4 Å². The molecule has 0 aliphatic carbocycles. The van der Waals surface area contributed by atoms with Gasteiger partial charge in [-0.1, -0.05) is 12.5 Å². The topological polar surface area (TPSA) is 65.0 Å². The number of halogens is 9. The number of likely N-dealkylation sites (tertiary alicyclic amines) is 2. The molecule has 6 nitrogen and oxygen atoms in total. The van der Waals surface area contributed by atoms with Crippen molar-refractivity contribution in [3.8, 4) is 5.75 Å². The summed E-state index contributed by atoms with van der Waals surface area (Å²) in [4.78, 5) is 15.3. The molecule has 4 unspecified atom stereocenters. The lowest BCUT2D eigenvalue weighted by molar-refractivity contribution is -0.293. The summed E-state index contributed by atoms with van der Waals surface area (Å²) in [6.45, 7) is 1.34. The van der Waals surface area contributed by atoms with Crippen molar-refractivity contribution in [2.75, 3.05) is 26.2 Å². The van der Waals surface area contributed by atoms with Crippen LogP contribution in [0.3, 0.4) is 0 Å². The molecule has 1 aromatic carbocycles. The summed E-state index contributed by atoms with van der Waals surface area (Å²) in [6, 6.07) is 0.161. The van der Waals surface area contributed by atoms with E-state index >= 15 is 0 Å². The van der Waals surface area contributed by atoms with Crippen LogP contribution in [0.2, 0.25) is 0 Å². The van der Waals surface area contributed by atoms with Crippen LogP contribution in [-0.2, 0) is 17.9 Å². The Labute approximate surface area is 218 Å². The zero-order valence-electron chi connectivity index (χ0n) is 20.5. The molecule has 220 valence electrons. The quantitative estimate of drug-likeness (QED) is 0.455. The van der Waals surface area contributed by atoms with Crippen molar-refractivity contribution in [2.45, 2.75) is 63.2 Å². The van der Waals surface area contributed by atoms with E-state index in [9.17, 15) is 49.4 Å². The van der Waals surface area contributed by atoms with Crippen LogP contribution < -0.4 is 10.1 Å². The number of hydrogen-bond donors (Lipinski definition) is 2. The highest BCUT2D eigenvalue weighted by atomic mass is 19.4. The van der Waals surface area contributed by atoms with E-state index in [0.29, 0.717) is 17.7 Å². The number of carboxylic acid groups (broad SMARTS) is 1. The van der Waals surface area contributed by atoms with Crippen molar-refractivity contribution in [3.63, 3.8) is 0 Å². The first-order chi connectivity index (χ1) is 18.0. The van der Waals surface area contributed by atoms with Crippen molar-refractivity contribution < 1.29 is 54.2 Å². The monoisotopic (exact) mass is 577 g/mol. The van der Waals surface area contributed by atoms with E-state index < -0.39 is 60.3 Å². The molecule has 3 saturated heterocycles. The normalized spacial score (nSPS) is 27.2. The highest BCUT2D eigenvalue weighted by molar-refractivity contribution is 5.74. The van der Waals surface area contributed by atoms with E-state index in [2.05, 4.69) is 15.0 Å². The minimum Gasteiger partial charge on any atom is -0.480 e. The van der Waals surface area contributed by atoms with Crippen LogP contribution in [0.4, 0.5) is 39.5 Å². The number of hydrogen-bond acceptors (Lipinski definition) is 5. The van der Waals surface area contributed by atoms with Crippen molar-refractivity contribution in [3.05, 3.63) is 29.3 Å². The zero-order valence-corrected chi connectivity index (χ0v) is 20.5. The highest BCUT2D eigenvalue weighted by Crippen LogP contribution is 2.48. The van der Waals surface area contributed by atoms with Gasteiger partial charge in [-0.15, -0.1) is 13.2 Å². The van der Waals surface area contributed by atoms with Gasteiger partial charge in [0, 0.05) is 38.1 Å². The van der Waals surface area contributed by atoms with E-state index in [4.69, 9.17) is 0 Å². The Morgan fingerprint density at radius 2 is 1.41 bits per heavy atom. The van der Waals surface area contributed by atoms with E-state index in [0.717, 1.165) is 38.4 Å². The molecular formula is C24H28F9N3O3. The number of ether oxygens (including phenoxy) is 1. The fraction of sp³-hybridized carbons (Fsp3) is 0.708. The number of carbonyl (C=O) groups is 1. The molecule has 0 radical (unpaired) electrons. The van der Waals surface area contributed by atoms with Crippen LogP contribution in [-0.4, -0.2) is 77.9 Å². The summed E-state index contributed by atoms with van der Waals surface area (Å²) >= 11 is 0. The van der Waals surface area contributed by atoms with E-state index in [1.807, 2.05) is 0 Å². The Bertz CT molecular complexity index is 1010. The second-order valence-corrected chi connectivity index (χ2v) is 10.5. The van der Waals surface area contributed by atoms with Gasteiger partial charge >= 0.3 is 24.7 Å². The lowest BCUT2D eigenvalue weighted by atomic mass is 9.84. The van der Waals surface area contributed by atoms with Crippen molar-refractivity contribution in [2.24, 2.45) is 17.8 Å². The fourth-order valence-corrected chi connectivity index (χ4v) is 6.19. The van der Waals surface area contributed by atoms with Crippen LogP contribution >= 0.6 is 0 Å². The molecule has 1 aromatic rings. The van der Waals surface area contributed by atoms with Gasteiger partial charge in [0.25, 0.3) is 0 Å². The van der Waals surface area contributed by atoms with E-state index in [-0.39, 0.29) is 19.6 Å². The number of alkyl halides is 9. The molecule has 3 heterocycles. The molecule has 0 saturated carbocycles. The summed E-state index contributed by atoms with van der Waals surface area (Å²) in [7, 11) is 0. The maximum Gasteiger partial charge on any atom is 0.573 e. The Hall–Kier alpha value is -2.26. The molecule has 39 heavy (non-hydrogen) atoms. The van der Waals surface area contributed by atoms with Crippen molar-refractivity contribution >= 4 is 5.97 Å². The van der Waals surface area contributed by atoms with Gasteiger partial charge in [0.05, 0.1) is 0 Å². The van der Waals surface area contributed by atoms with Gasteiger partial charge in [-0.25, -0.2) is 0 Å². The molecule has 0 spiro atoms. The molecule has 15 heteroatoms. The van der Waals surface area contributed by atoms with Crippen molar-refractivity contribution in [1.82, 2.24) is 15.1 Å². The first-order valence-corrected chi connectivity index (χ1v) is 12.5. The number of nitrogens with zero attached hydrogens (tertiary/aromatic N) is 2. The van der Waals surface area contributed by atoms with Gasteiger partial charge in [0.2, 0.25) is 0 Å². The van der Waals surface area contributed by atoms with Crippen LogP contribution in [0.15, 0.2) is 18.2 Å². The van der Waals surface area contributed by atoms with Crippen molar-refractivity contribution in [1.29, 1.82) is 0 Å². The molecule has 0 aromatic heterocycles. The Balaban J connectivity index is 1.57. The van der Waals surface area contributed by atoms with Gasteiger partial charge in [0.15, 0.2) is 5.92 Å². The summed E-state index contributed by atoms with van der Waals surface area (Å²) in [5.41, 5.74) is 0.841. The predicted octanol–water partition coefficient (Wildman–Crippen LogP) is 4.78. The van der Waals surface area contributed by atoms with E-state index in [1.165, 1.54) is 11.0 Å². The summed E-state index contributed by atoms with van der Waals surface area (Å²) < 4.78 is 124. The molecule has 0 bridgehead atoms. The number of rotatable bonds is 7. The minimum absolute atomic E-state index is 0.100. The molecular weight excluding hydrogens is 549 g/mol. The average molecular weight is 577 g/mol. The van der Waals surface area contributed by atoms with Crippen LogP contribution in [0.5, 0.6) is 5.75 Å². The van der Waals surface area contributed by atoms with Gasteiger partial charge < -0.3 is 15.2 Å². The number of carboxylic acids is 1. The molecule has 4 atom stereocenters. The molecule has 4 rings (SSSR count). The second kappa shape index (κ2) is 11.0. The number of piperidine rings is 1. The standard InChI is InChI=1S/C24H28F9N3O3/c25-22(26,27)20(23(28,29)30)18-16-11-36(12-17(16)19(34-18)21(37)38)10-14-6-13(9-35-4-2-1-3-5-35)7-15(8-14)39-24(31,32)33/h6-8,16-20,34H,1-5,9-12H2,(H,37,38). The first-order valence-electron chi connectivity index (χ1n) is 12.5. The molecule has 3 aliphatic rings. The van der Waals surface area contributed by atoms with Gasteiger partial charge in [-0.3, -0.25) is 14.6 Å². The first kappa shape index (κ1) is 29.7. The lowest BCUT2D eigenvalue weighted by Crippen LogP contribution is -2.53. The maximum atomic E-state index is 13.5. The Kier molecular flexibility index (Phi) is 8.35. The molecule has 3 fully saturated rings. The third-order valence-corrected chi connectivity index (χ3v) is 7.60. The number of fused-ring (bicyclic) bond motifs is 1. The third kappa shape index (κ3) is 7.28. The summed E-state index contributed by atoms with van der Waals surface area (Å²) in [6.07, 6.45) is -13.4. The highest BCUT2D eigenvalue weighted by Gasteiger charge is 2.66. The number of benzene rings is 1. The average Bonchev–Trinajstić information content (AvgIpc) is 3.30. The summed E-state index contributed by atoms with van der Waals surface area (Å²) in [5.74, 6) is -8.16. The van der Waals surface area contributed by atoms with Gasteiger partial charge in [-0.05, 0) is 55.1 Å². The van der Waals surface area contributed by atoms with Crippen LogP contribution in [0.25, 0.3) is 0 Å². The predicted molar refractivity (Wildman–Crippen MR) is 118 cm³/mol. The largest absolute Gasteiger partial charge is 0.573 e. The lowest BCUT2D eigenvalue weighted by Gasteiger charge is -2.32. The van der Waals surface area contributed by atoms with E-state index in [1.54, 1.807) is 6.07 Å².